The molecule has 0 radical (unpaired) electrons. The zero-order valence-corrected chi connectivity index (χ0v) is 13.5. The van der Waals surface area contributed by atoms with Crippen molar-refractivity contribution in [2.24, 2.45) is 0 Å². The van der Waals surface area contributed by atoms with Gasteiger partial charge in [-0.25, -0.2) is 0 Å². The van der Waals surface area contributed by atoms with E-state index in [-0.39, 0.29) is 0 Å². The van der Waals surface area contributed by atoms with Crippen LogP contribution in [0.2, 0.25) is 0 Å². The summed E-state index contributed by atoms with van der Waals surface area (Å²) in [7, 11) is 0. The summed E-state index contributed by atoms with van der Waals surface area (Å²) in [5, 5.41) is 5.13. The van der Waals surface area contributed by atoms with Crippen LogP contribution in [-0.2, 0) is 0 Å². The fraction of sp³-hybridized carbons (Fsp3) is 0.556. The Morgan fingerprint density at radius 3 is 2.95 bits per heavy atom. The molecule has 1 aromatic carbocycles. The number of thiophene rings is 1. The molecule has 3 heteroatoms. The second-order valence-electron chi connectivity index (χ2n) is 6.51. The molecule has 1 N–H and O–H groups in total. The fourth-order valence-electron chi connectivity index (χ4n) is 4.14. The number of benzene rings is 1. The van der Waals surface area contributed by atoms with E-state index in [0.29, 0.717) is 6.04 Å². The van der Waals surface area contributed by atoms with Crippen LogP contribution in [0.25, 0.3) is 10.1 Å². The van der Waals surface area contributed by atoms with Crippen molar-refractivity contribution < 1.29 is 0 Å². The Kier molecular flexibility index (Phi) is 3.74. The second kappa shape index (κ2) is 5.71. The van der Waals surface area contributed by atoms with Crippen LogP contribution in [0.4, 0.5) is 0 Å². The largest absolute Gasteiger partial charge is 0.312 e. The molecule has 2 fully saturated rings. The zero-order valence-electron chi connectivity index (χ0n) is 12.7. The quantitative estimate of drug-likeness (QED) is 0.915. The standard InChI is InChI=1S/C18H24N2S/c1-13(18-12-14-6-2-3-9-17(14)21-18)20-11-5-8-16(20)15-7-4-10-19-15/h2-3,6,9,12-13,15-16,19H,4-5,7-8,10-11H2,1H3. The Hall–Kier alpha value is -0.900. The molecular formula is C18H24N2S. The van der Waals surface area contributed by atoms with Gasteiger partial charge in [-0.05, 0) is 63.2 Å². The Morgan fingerprint density at radius 2 is 2.14 bits per heavy atom. The van der Waals surface area contributed by atoms with E-state index in [9.17, 15) is 0 Å². The molecule has 4 rings (SSSR count). The molecule has 2 nitrogen and oxygen atoms in total. The molecule has 2 aliphatic rings. The first-order valence-electron chi connectivity index (χ1n) is 8.30. The summed E-state index contributed by atoms with van der Waals surface area (Å²) in [4.78, 5) is 4.29. The van der Waals surface area contributed by atoms with Gasteiger partial charge in [0.1, 0.15) is 0 Å². The Balaban J connectivity index is 1.59. The van der Waals surface area contributed by atoms with Gasteiger partial charge in [0, 0.05) is 27.7 Å². The molecule has 1 aromatic heterocycles. The van der Waals surface area contributed by atoms with Crippen LogP contribution in [-0.4, -0.2) is 30.1 Å². The molecule has 2 saturated heterocycles. The summed E-state index contributed by atoms with van der Waals surface area (Å²) in [5.41, 5.74) is 0. The topological polar surface area (TPSA) is 15.3 Å². The number of fused-ring (bicyclic) bond motifs is 1. The van der Waals surface area contributed by atoms with Crippen LogP contribution < -0.4 is 5.32 Å². The van der Waals surface area contributed by atoms with Crippen LogP contribution in [0.1, 0.15) is 43.5 Å². The van der Waals surface area contributed by atoms with Gasteiger partial charge in [-0.1, -0.05) is 18.2 Å². The highest BCUT2D eigenvalue weighted by atomic mass is 32.1. The zero-order chi connectivity index (χ0) is 14.2. The van der Waals surface area contributed by atoms with Gasteiger partial charge in [0.05, 0.1) is 0 Å². The van der Waals surface area contributed by atoms with Crippen molar-refractivity contribution >= 4 is 21.4 Å². The highest BCUT2D eigenvalue weighted by molar-refractivity contribution is 7.19. The molecule has 112 valence electrons. The van der Waals surface area contributed by atoms with Gasteiger partial charge < -0.3 is 5.32 Å². The number of likely N-dealkylation sites (tertiary alicyclic amines) is 1. The maximum Gasteiger partial charge on any atom is 0.0417 e. The van der Waals surface area contributed by atoms with Crippen molar-refractivity contribution in [3.8, 4) is 0 Å². The van der Waals surface area contributed by atoms with E-state index in [0.717, 1.165) is 12.1 Å². The lowest BCUT2D eigenvalue weighted by atomic mass is 10.0. The lowest BCUT2D eigenvalue weighted by Gasteiger charge is -2.33. The number of hydrogen-bond acceptors (Lipinski definition) is 3. The summed E-state index contributed by atoms with van der Waals surface area (Å²) in [6.07, 6.45) is 5.44. The third kappa shape index (κ3) is 2.52. The van der Waals surface area contributed by atoms with E-state index in [4.69, 9.17) is 0 Å². The third-order valence-corrected chi connectivity index (χ3v) is 6.55. The smallest absolute Gasteiger partial charge is 0.0417 e. The summed E-state index contributed by atoms with van der Waals surface area (Å²) in [6.45, 7) is 4.88. The second-order valence-corrected chi connectivity index (χ2v) is 7.63. The molecule has 3 atom stereocenters. The number of hydrogen-bond donors (Lipinski definition) is 1. The Morgan fingerprint density at radius 1 is 1.24 bits per heavy atom. The molecule has 2 aliphatic heterocycles. The van der Waals surface area contributed by atoms with Crippen LogP contribution >= 0.6 is 11.3 Å². The minimum absolute atomic E-state index is 0.553. The monoisotopic (exact) mass is 300 g/mol. The van der Waals surface area contributed by atoms with Gasteiger partial charge in [0.25, 0.3) is 0 Å². The molecular weight excluding hydrogens is 276 g/mol. The molecule has 0 aliphatic carbocycles. The maximum absolute atomic E-state index is 3.72. The summed E-state index contributed by atoms with van der Waals surface area (Å²) in [6, 6.07) is 13.2. The van der Waals surface area contributed by atoms with Crippen molar-refractivity contribution in [1.82, 2.24) is 10.2 Å². The first-order chi connectivity index (χ1) is 10.3. The predicted molar refractivity (Wildman–Crippen MR) is 91.0 cm³/mol. The van der Waals surface area contributed by atoms with Crippen LogP contribution in [0.5, 0.6) is 0 Å². The highest BCUT2D eigenvalue weighted by Gasteiger charge is 2.36. The van der Waals surface area contributed by atoms with Gasteiger partial charge in [0.2, 0.25) is 0 Å². The molecule has 2 aromatic rings. The minimum atomic E-state index is 0.553. The van der Waals surface area contributed by atoms with Gasteiger partial charge in [0.15, 0.2) is 0 Å². The third-order valence-electron chi connectivity index (χ3n) is 5.26. The van der Waals surface area contributed by atoms with Gasteiger partial charge in [-0.15, -0.1) is 11.3 Å². The van der Waals surface area contributed by atoms with Gasteiger partial charge >= 0.3 is 0 Å². The lowest BCUT2D eigenvalue weighted by Crippen LogP contribution is -2.44. The van der Waals surface area contributed by atoms with Gasteiger partial charge in [-0.3, -0.25) is 4.90 Å². The Bertz CT molecular complexity index is 581. The molecule has 21 heavy (non-hydrogen) atoms. The average Bonchev–Trinajstić information content (AvgIpc) is 3.23. The normalized spacial score (nSPS) is 28.4. The minimum Gasteiger partial charge on any atom is -0.312 e. The average molecular weight is 300 g/mol. The highest BCUT2D eigenvalue weighted by Crippen LogP contribution is 2.37. The summed E-state index contributed by atoms with van der Waals surface area (Å²) < 4.78 is 1.43. The fourth-order valence-corrected chi connectivity index (χ4v) is 5.28. The van der Waals surface area contributed by atoms with Crippen molar-refractivity contribution in [1.29, 1.82) is 0 Å². The molecule has 0 bridgehead atoms. The number of rotatable bonds is 3. The maximum atomic E-state index is 3.72. The first kappa shape index (κ1) is 13.7. The van der Waals surface area contributed by atoms with Crippen LogP contribution in [0, 0.1) is 0 Å². The summed E-state index contributed by atoms with van der Waals surface area (Å²) in [5.74, 6) is 0. The predicted octanol–water partition coefficient (Wildman–Crippen LogP) is 4.18. The van der Waals surface area contributed by atoms with E-state index in [1.54, 1.807) is 0 Å². The van der Waals surface area contributed by atoms with E-state index < -0.39 is 0 Å². The van der Waals surface area contributed by atoms with E-state index in [1.165, 1.54) is 53.7 Å². The first-order valence-corrected chi connectivity index (χ1v) is 9.12. The lowest BCUT2D eigenvalue weighted by molar-refractivity contribution is 0.165. The molecule has 0 spiro atoms. The van der Waals surface area contributed by atoms with E-state index >= 15 is 0 Å². The molecule has 3 heterocycles. The molecule has 3 unspecified atom stereocenters. The molecule has 0 amide bonds. The number of nitrogens with one attached hydrogen (secondary N) is 1. The SMILES string of the molecule is CC(c1cc2ccccc2s1)N1CCCC1C1CCCN1. The van der Waals surface area contributed by atoms with Gasteiger partial charge in [-0.2, -0.15) is 0 Å². The van der Waals surface area contributed by atoms with Crippen molar-refractivity contribution in [3.63, 3.8) is 0 Å². The Labute approximate surface area is 131 Å². The number of nitrogens with zero attached hydrogens (tertiary/aromatic N) is 1. The summed E-state index contributed by atoms with van der Waals surface area (Å²) >= 11 is 1.97. The van der Waals surface area contributed by atoms with E-state index in [1.807, 2.05) is 11.3 Å². The van der Waals surface area contributed by atoms with Crippen LogP contribution in [0.15, 0.2) is 30.3 Å². The van der Waals surface area contributed by atoms with Crippen LogP contribution in [0.3, 0.4) is 0 Å². The van der Waals surface area contributed by atoms with Crippen molar-refractivity contribution in [2.45, 2.75) is 50.7 Å². The molecule has 0 saturated carbocycles. The van der Waals surface area contributed by atoms with Crippen molar-refractivity contribution in [3.05, 3.63) is 35.2 Å². The van der Waals surface area contributed by atoms with Crippen molar-refractivity contribution in [2.75, 3.05) is 13.1 Å². The van der Waals surface area contributed by atoms with E-state index in [2.05, 4.69) is 47.5 Å².